The van der Waals surface area contributed by atoms with E-state index >= 15 is 0 Å². The Morgan fingerprint density at radius 2 is 1.97 bits per heavy atom. The number of anilines is 4. The third-order valence-corrected chi connectivity index (χ3v) is 4.86. The molecule has 0 aliphatic heterocycles. The van der Waals surface area contributed by atoms with Crippen molar-refractivity contribution in [3.05, 3.63) is 59.5 Å². The molecule has 3 aromatic rings. The summed E-state index contributed by atoms with van der Waals surface area (Å²) in [6.07, 6.45) is 0.952. The molecule has 30 heavy (non-hydrogen) atoms. The number of hydrogen-bond donors (Lipinski definition) is 3. The predicted molar refractivity (Wildman–Crippen MR) is 109 cm³/mol. The Balaban J connectivity index is 1.81. The molecular weight excluding hydrogens is 435 g/mol. The number of rotatable bonds is 7. The Hall–Kier alpha value is -3.46. The minimum atomic E-state index is -3.88. The van der Waals surface area contributed by atoms with E-state index in [0.717, 1.165) is 6.20 Å². The van der Waals surface area contributed by atoms with E-state index < -0.39 is 15.8 Å². The smallest absolute Gasteiger partial charge is 0.238 e. The molecule has 0 aliphatic carbocycles. The van der Waals surface area contributed by atoms with E-state index in [-0.39, 0.29) is 28.3 Å². The summed E-state index contributed by atoms with van der Waals surface area (Å²) >= 11 is 6.09. The highest BCUT2D eigenvalue weighted by Crippen LogP contribution is 2.29. The lowest BCUT2D eigenvalue weighted by Crippen LogP contribution is -2.12. The summed E-state index contributed by atoms with van der Waals surface area (Å²) in [5.74, 6) is -0.536. The summed E-state index contributed by atoms with van der Waals surface area (Å²) in [5, 5.41) is 19.5. The van der Waals surface area contributed by atoms with E-state index in [1.807, 2.05) is 6.07 Å². The van der Waals surface area contributed by atoms with Gasteiger partial charge in [-0.25, -0.2) is 22.9 Å². The highest BCUT2D eigenvalue weighted by molar-refractivity contribution is 7.89. The Labute approximate surface area is 176 Å². The zero-order valence-electron chi connectivity index (χ0n) is 15.1. The van der Waals surface area contributed by atoms with Crippen molar-refractivity contribution in [2.75, 3.05) is 17.2 Å². The molecule has 0 saturated heterocycles. The van der Waals surface area contributed by atoms with Crippen LogP contribution in [-0.2, 0) is 10.0 Å². The summed E-state index contributed by atoms with van der Waals surface area (Å²) in [4.78, 5) is 7.79. The van der Waals surface area contributed by atoms with Crippen LogP contribution in [0.3, 0.4) is 0 Å². The largest absolute Gasteiger partial charge is 0.477 e. The number of ether oxygens (including phenoxy) is 1. The number of nitrogens with zero attached hydrogens (tertiary/aromatic N) is 3. The van der Waals surface area contributed by atoms with Crippen LogP contribution >= 0.6 is 11.6 Å². The molecular formula is C18H14ClFN6O3S. The Bertz CT molecular complexity index is 1230. The van der Waals surface area contributed by atoms with Crippen molar-refractivity contribution < 1.29 is 17.5 Å². The molecule has 0 spiro atoms. The molecule has 0 unspecified atom stereocenters. The molecule has 4 N–H and O–H groups in total. The number of primary sulfonamides is 1. The Morgan fingerprint density at radius 1 is 1.20 bits per heavy atom. The predicted octanol–water partition coefficient (Wildman–Crippen LogP) is 3.31. The maximum Gasteiger partial charge on any atom is 0.238 e. The van der Waals surface area contributed by atoms with E-state index in [9.17, 15) is 12.8 Å². The van der Waals surface area contributed by atoms with Gasteiger partial charge in [-0.15, -0.1) is 0 Å². The SMILES string of the molecule is N#CCOc1ccc(Nc2nc(Nc3cccc(S(N)(=O)=O)c3)ncc2F)cc1Cl. The number of nitriles is 1. The molecule has 154 valence electrons. The van der Waals surface area contributed by atoms with Crippen molar-refractivity contribution in [1.82, 2.24) is 9.97 Å². The van der Waals surface area contributed by atoms with Gasteiger partial charge in [0, 0.05) is 11.4 Å². The summed E-state index contributed by atoms with van der Waals surface area (Å²) in [6.45, 7) is -0.158. The first-order chi connectivity index (χ1) is 14.3. The molecule has 3 rings (SSSR count). The summed E-state index contributed by atoms with van der Waals surface area (Å²) in [7, 11) is -3.88. The zero-order valence-corrected chi connectivity index (χ0v) is 16.7. The monoisotopic (exact) mass is 448 g/mol. The zero-order chi connectivity index (χ0) is 21.7. The molecule has 0 atom stereocenters. The molecule has 9 nitrogen and oxygen atoms in total. The van der Waals surface area contributed by atoms with Crippen LogP contribution in [0.15, 0.2) is 53.6 Å². The number of nitrogens with two attached hydrogens (primary N) is 1. The minimum Gasteiger partial charge on any atom is -0.477 e. The first kappa shape index (κ1) is 21.3. The van der Waals surface area contributed by atoms with Crippen LogP contribution in [0.1, 0.15) is 0 Å². The normalized spacial score (nSPS) is 10.9. The third kappa shape index (κ3) is 5.32. The van der Waals surface area contributed by atoms with Gasteiger partial charge in [0.15, 0.2) is 18.2 Å². The quantitative estimate of drug-likeness (QED) is 0.499. The van der Waals surface area contributed by atoms with Crippen LogP contribution in [0.2, 0.25) is 5.02 Å². The Kier molecular flexibility index (Phi) is 6.31. The Morgan fingerprint density at radius 3 is 2.67 bits per heavy atom. The van der Waals surface area contributed by atoms with Crippen LogP contribution in [0.4, 0.5) is 27.5 Å². The number of sulfonamides is 1. The number of aromatic nitrogens is 2. The molecule has 12 heteroatoms. The number of nitrogens with one attached hydrogen (secondary N) is 2. The maximum atomic E-state index is 14.2. The van der Waals surface area contributed by atoms with Crippen molar-refractivity contribution in [3.63, 3.8) is 0 Å². The van der Waals surface area contributed by atoms with Gasteiger partial charge in [0.05, 0.1) is 16.1 Å². The lowest BCUT2D eigenvalue weighted by atomic mass is 10.3. The number of benzene rings is 2. The molecule has 2 aromatic carbocycles. The lowest BCUT2D eigenvalue weighted by molar-refractivity contribution is 0.368. The van der Waals surface area contributed by atoms with Gasteiger partial charge in [-0.2, -0.15) is 10.2 Å². The molecule has 1 aromatic heterocycles. The molecule has 0 bridgehead atoms. The van der Waals surface area contributed by atoms with Crippen molar-refractivity contribution in [2.24, 2.45) is 5.14 Å². The van der Waals surface area contributed by atoms with Gasteiger partial charge in [0.25, 0.3) is 0 Å². The summed E-state index contributed by atoms with van der Waals surface area (Å²) in [5.41, 5.74) is 0.769. The van der Waals surface area contributed by atoms with Crippen molar-refractivity contribution in [3.8, 4) is 11.8 Å². The molecule has 0 fully saturated rings. The molecule has 0 aliphatic rings. The molecule has 0 saturated carbocycles. The maximum absolute atomic E-state index is 14.2. The lowest BCUT2D eigenvalue weighted by Gasteiger charge is -2.11. The van der Waals surface area contributed by atoms with Crippen molar-refractivity contribution in [1.29, 1.82) is 5.26 Å². The van der Waals surface area contributed by atoms with E-state index in [4.69, 9.17) is 26.7 Å². The second kappa shape index (κ2) is 8.91. The summed E-state index contributed by atoms with van der Waals surface area (Å²) < 4.78 is 42.3. The van der Waals surface area contributed by atoms with Crippen molar-refractivity contribution >= 4 is 44.8 Å². The molecule has 0 radical (unpaired) electrons. The summed E-state index contributed by atoms with van der Waals surface area (Å²) in [6, 6.07) is 12.1. The van der Waals surface area contributed by atoms with Gasteiger partial charge < -0.3 is 15.4 Å². The van der Waals surface area contributed by atoms with Gasteiger partial charge in [-0.05, 0) is 36.4 Å². The fourth-order valence-electron chi connectivity index (χ4n) is 2.34. The van der Waals surface area contributed by atoms with Gasteiger partial charge in [-0.3, -0.25) is 0 Å². The number of halogens is 2. The third-order valence-electron chi connectivity index (χ3n) is 3.65. The van der Waals surface area contributed by atoms with Gasteiger partial charge in [0.1, 0.15) is 11.8 Å². The van der Waals surface area contributed by atoms with Gasteiger partial charge >= 0.3 is 0 Å². The number of hydrogen-bond acceptors (Lipinski definition) is 8. The second-order valence-corrected chi connectivity index (χ2v) is 7.77. The van der Waals surface area contributed by atoms with Crippen LogP contribution in [0, 0.1) is 17.1 Å². The second-order valence-electron chi connectivity index (χ2n) is 5.80. The van der Waals surface area contributed by atoms with E-state index in [2.05, 4.69) is 20.6 Å². The van der Waals surface area contributed by atoms with Gasteiger partial charge in [0.2, 0.25) is 16.0 Å². The highest BCUT2D eigenvalue weighted by Gasteiger charge is 2.12. The first-order valence-corrected chi connectivity index (χ1v) is 10.2. The van der Waals surface area contributed by atoms with E-state index in [0.29, 0.717) is 17.1 Å². The van der Waals surface area contributed by atoms with Crippen LogP contribution in [-0.4, -0.2) is 25.0 Å². The molecule has 0 amide bonds. The van der Waals surface area contributed by atoms with Crippen LogP contribution < -0.4 is 20.5 Å². The standard InChI is InChI=1S/C18H14ClFN6O3S/c19-14-9-12(4-5-16(14)29-7-6-21)24-17-15(20)10-23-18(26-17)25-11-2-1-3-13(8-11)30(22,27)28/h1-5,8-10H,7H2,(H2,22,27,28)(H2,23,24,25,26). The molecule has 1 heterocycles. The van der Waals surface area contributed by atoms with Gasteiger partial charge in [-0.1, -0.05) is 17.7 Å². The fraction of sp³-hybridized carbons (Fsp3) is 0.0556. The topological polar surface area (TPSA) is 143 Å². The average Bonchev–Trinajstić information content (AvgIpc) is 2.69. The fourth-order valence-corrected chi connectivity index (χ4v) is 3.13. The first-order valence-electron chi connectivity index (χ1n) is 8.25. The average molecular weight is 449 g/mol. The van der Waals surface area contributed by atoms with Crippen molar-refractivity contribution in [2.45, 2.75) is 4.90 Å². The van der Waals surface area contributed by atoms with Crippen LogP contribution in [0.5, 0.6) is 5.75 Å². The van der Waals surface area contributed by atoms with E-state index in [1.165, 1.54) is 30.3 Å². The van der Waals surface area contributed by atoms with Crippen LogP contribution in [0.25, 0.3) is 0 Å². The van der Waals surface area contributed by atoms with E-state index in [1.54, 1.807) is 12.1 Å². The highest BCUT2D eigenvalue weighted by atomic mass is 35.5. The minimum absolute atomic E-state index is 0.0190.